The van der Waals surface area contributed by atoms with Crippen LogP contribution in [0.4, 0.5) is 5.69 Å². The van der Waals surface area contributed by atoms with Crippen LogP contribution in [0.2, 0.25) is 5.02 Å². The highest BCUT2D eigenvalue weighted by Gasteiger charge is 2.07. The first-order valence-electron chi connectivity index (χ1n) is 4.91. The van der Waals surface area contributed by atoms with Crippen LogP contribution in [0.5, 0.6) is 17.2 Å². The zero-order valence-corrected chi connectivity index (χ0v) is 9.94. The lowest BCUT2D eigenvalue weighted by Crippen LogP contribution is -1.94. The van der Waals surface area contributed by atoms with Gasteiger partial charge >= 0.3 is 0 Å². The van der Waals surface area contributed by atoms with E-state index in [0.29, 0.717) is 28.0 Å². The van der Waals surface area contributed by atoms with E-state index >= 15 is 0 Å². The Kier molecular flexibility index (Phi) is 3.35. The van der Waals surface area contributed by atoms with Crippen molar-refractivity contribution in [3.05, 3.63) is 41.7 Å². The number of aromatic nitrogens is 1. The Morgan fingerprint density at radius 1 is 1.24 bits per heavy atom. The van der Waals surface area contributed by atoms with Gasteiger partial charge in [0.15, 0.2) is 5.75 Å². The van der Waals surface area contributed by atoms with Crippen LogP contribution in [0.15, 0.2) is 36.7 Å². The predicted octanol–water partition coefficient (Wildman–Crippen LogP) is 3.12. The number of nitrogens with two attached hydrogens (primary N) is 1. The molecule has 0 bridgehead atoms. The molecule has 0 aliphatic rings. The summed E-state index contributed by atoms with van der Waals surface area (Å²) >= 11 is 5.94. The first-order valence-corrected chi connectivity index (χ1v) is 5.29. The fourth-order valence-corrected chi connectivity index (χ4v) is 1.45. The molecule has 0 aliphatic heterocycles. The van der Waals surface area contributed by atoms with Gasteiger partial charge in [-0.15, -0.1) is 0 Å². The van der Waals surface area contributed by atoms with Crippen LogP contribution in [0, 0.1) is 0 Å². The van der Waals surface area contributed by atoms with E-state index < -0.39 is 0 Å². The van der Waals surface area contributed by atoms with E-state index in [4.69, 9.17) is 26.8 Å². The molecule has 0 amide bonds. The number of pyridine rings is 1. The lowest BCUT2D eigenvalue weighted by molar-refractivity contribution is 0.409. The van der Waals surface area contributed by atoms with Gasteiger partial charge in [-0.05, 0) is 12.1 Å². The summed E-state index contributed by atoms with van der Waals surface area (Å²) in [5.74, 6) is 1.67. The number of hydrogen-bond acceptors (Lipinski definition) is 4. The summed E-state index contributed by atoms with van der Waals surface area (Å²) in [7, 11) is 1.58. The zero-order valence-electron chi connectivity index (χ0n) is 9.18. The molecule has 1 aromatic heterocycles. The second kappa shape index (κ2) is 4.93. The SMILES string of the molecule is COc1ccc(N)c(Oc2ccncc2Cl)c1. The Balaban J connectivity index is 2.32. The smallest absolute Gasteiger partial charge is 0.154 e. The summed E-state index contributed by atoms with van der Waals surface area (Å²) in [6.07, 6.45) is 3.10. The van der Waals surface area contributed by atoms with Crippen LogP contribution < -0.4 is 15.2 Å². The summed E-state index contributed by atoms with van der Waals surface area (Å²) in [6, 6.07) is 6.84. The number of ether oxygens (including phenoxy) is 2. The van der Waals surface area contributed by atoms with Crippen LogP contribution in [-0.2, 0) is 0 Å². The number of hydrogen-bond donors (Lipinski definition) is 1. The van der Waals surface area contributed by atoms with Crippen LogP contribution in [0.1, 0.15) is 0 Å². The minimum absolute atomic E-state index is 0.426. The number of benzene rings is 1. The van der Waals surface area contributed by atoms with Crippen molar-refractivity contribution in [3.63, 3.8) is 0 Å². The van der Waals surface area contributed by atoms with Crippen molar-refractivity contribution in [1.82, 2.24) is 4.98 Å². The molecule has 5 heteroatoms. The molecule has 4 nitrogen and oxygen atoms in total. The molecule has 0 spiro atoms. The Bertz CT molecular complexity index is 532. The first kappa shape index (κ1) is 11.5. The van der Waals surface area contributed by atoms with E-state index in [9.17, 15) is 0 Å². The summed E-state index contributed by atoms with van der Waals surface area (Å²) in [5.41, 5.74) is 6.32. The highest BCUT2D eigenvalue weighted by molar-refractivity contribution is 6.31. The number of rotatable bonds is 3. The number of nitrogen functional groups attached to an aromatic ring is 1. The minimum atomic E-state index is 0.426. The van der Waals surface area contributed by atoms with E-state index in [0.717, 1.165) is 0 Å². The molecule has 2 N–H and O–H groups in total. The van der Waals surface area contributed by atoms with E-state index in [1.165, 1.54) is 6.20 Å². The van der Waals surface area contributed by atoms with Gasteiger partial charge in [0, 0.05) is 24.5 Å². The average molecular weight is 251 g/mol. The Hall–Kier alpha value is -1.94. The van der Waals surface area contributed by atoms with Gasteiger partial charge in [0.25, 0.3) is 0 Å². The third-order valence-electron chi connectivity index (χ3n) is 2.18. The van der Waals surface area contributed by atoms with Gasteiger partial charge < -0.3 is 15.2 Å². The highest BCUT2D eigenvalue weighted by atomic mass is 35.5. The Morgan fingerprint density at radius 3 is 2.76 bits per heavy atom. The largest absolute Gasteiger partial charge is 0.497 e. The lowest BCUT2D eigenvalue weighted by atomic mass is 10.3. The second-order valence-electron chi connectivity index (χ2n) is 3.31. The normalized spacial score (nSPS) is 10.0. The van der Waals surface area contributed by atoms with Crippen molar-refractivity contribution < 1.29 is 9.47 Å². The lowest BCUT2D eigenvalue weighted by Gasteiger charge is -2.10. The third kappa shape index (κ3) is 2.60. The van der Waals surface area contributed by atoms with Crippen molar-refractivity contribution in [2.24, 2.45) is 0 Å². The minimum Gasteiger partial charge on any atom is -0.497 e. The molecule has 1 heterocycles. The topological polar surface area (TPSA) is 57.4 Å². The molecule has 0 saturated heterocycles. The van der Waals surface area contributed by atoms with Gasteiger partial charge in [-0.3, -0.25) is 4.98 Å². The molecule has 1 aromatic carbocycles. The van der Waals surface area contributed by atoms with E-state index in [1.54, 1.807) is 37.6 Å². The van der Waals surface area contributed by atoms with Gasteiger partial charge in [0.05, 0.1) is 12.8 Å². The average Bonchev–Trinajstić information content (AvgIpc) is 2.35. The second-order valence-corrected chi connectivity index (χ2v) is 3.72. The van der Waals surface area contributed by atoms with Crippen molar-refractivity contribution in [2.75, 3.05) is 12.8 Å². The number of halogens is 1. The predicted molar refractivity (Wildman–Crippen MR) is 66.7 cm³/mol. The molecule has 88 valence electrons. The fraction of sp³-hybridized carbons (Fsp3) is 0.0833. The van der Waals surface area contributed by atoms with Crippen LogP contribution in [-0.4, -0.2) is 12.1 Å². The van der Waals surface area contributed by atoms with E-state index in [2.05, 4.69) is 4.98 Å². The first-order chi connectivity index (χ1) is 8.20. The summed E-state index contributed by atoms with van der Waals surface area (Å²) in [6.45, 7) is 0. The van der Waals surface area contributed by atoms with Gasteiger partial charge in [-0.2, -0.15) is 0 Å². The van der Waals surface area contributed by atoms with Gasteiger partial charge in [0.2, 0.25) is 0 Å². The van der Waals surface area contributed by atoms with Crippen molar-refractivity contribution in [3.8, 4) is 17.2 Å². The molecule has 0 atom stereocenters. The molecular weight excluding hydrogens is 240 g/mol. The van der Waals surface area contributed by atoms with Crippen LogP contribution >= 0.6 is 11.6 Å². The molecular formula is C12H11ClN2O2. The Labute approximate surface area is 104 Å². The maximum absolute atomic E-state index is 5.94. The molecule has 0 unspecified atom stereocenters. The molecule has 17 heavy (non-hydrogen) atoms. The molecule has 0 fully saturated rings. The number of methoxy groups -OCH3 is 1. The maximum Gasteiger partial charge on any atom is 0.154 e. The molecule has 2 aromatic rings. The van der Waals surface area contributed by atoms with Gasteiger partial charge in [0.1, 0.15) is 16.5 Å². The molecule has 2 rings (SSSR count). The van der Waals surface area contributed by atoms with Gasteiger partial charge in [-0.25, -0.2) is 0 Å². The van der Waals surface area contributed by atoms with Crippen molar-refractivity contribution in [2.45, 2.75) is 0 Å². The molecule has 0 aliphatic carbocycles. The fourth-order valence-electron chi connectivity index (χ4n) is 1.29. The highest BCUT2D eigenvalue weighted by Crippen LogP contribution is 2.33. The monoisotopic (exact) mass is 250 g/mol. The quantitative estimate of drug-likeness (QED) is 0.851. The van der Waals surface area contributed by atoms with Crippen molar-refractivity contribution >= 4 is 17.3 Å². The summed E-state index contributed by atoms with van der Waals surface area (Å²) < 4.78 is 10.7. The maximum atomic E-state index is 5.94. The van der Waals surface area contributed by atoms with Crippen molar-refractivity contribution in [1.29, 1.82) is 0 Å². The Morgan fingerprint density at radius 2 is 2.06 bits per heavy atom. The van der Waals surface area contributed by atoms with E-state index in [-0.39, 0.29) is 0 Å². The zero-order chi connectivity index (χ0) is 12.3. The van der Waals surface area contributed by atoms with Gasteiger partial charge in [-0.1, -0.05) is 11.6 Å². The number of anilines is 1. The number of nitrogens with zero attached hydrogens (tertiary/aromatic N) is 1. The summed E-state index contributed by atoms with van der Waals surface area (Å²) in [4.78, 5) is 3.87. The molecule has 0 saturated carbocycles. The molecule has 0 radical (unpaired) electrons. The van der Waals surface area contributed by atoms with E-state index in [1.807, 2.05) is 0 Å². The van der Waals surface area contributed by atoms with Crippen LogP contribution in [0.25, 0.3) is 0 Å². The van der Waals surface area contributed by atoms with Crippen LogP contribution in [0.3, 0.4) is 0 Å². The third-order valence-corrected chi connectivity index (χ3v) is 2.46. The standard InChI is InChI=1S/C12H11ClN2O2/c1-16-8-2-3-10(14)12(6-8)17-11-4-5-15-7-9(11)13/h2-7H,14H2,1H3. The summed E-state index contributed by atoms with van der Waals surface area (Å²) in [5, 5.41) is 0.426.